The summed E-state index contributed by atoms with van der Waals surface area (Å²) in [4.78, 5) is 0. The Bertz CT molecular complexity index is 337. The number of rotatable bonds is 5. The van der Waals surface area contributed by atoms with Crippen molar-refractivity contribution in [3.8, 4) is 5.75 Å². The van der Waals surface area contributed by atoms with Gasteiger partial charge in [0.15, 0.2) is 0 Å². The summed E-state index contributed by atoms with van der Waals surface area (Å²) in [5, 5.41) is 0. The lowest BCUT2D eigenvalue weighted by Gasteiger charge is -2.17. The highest BCUT2D eigenvalue weighted by Gasteiger charge is 2.09. The van der Waals surface area contributed by atoms with E-state index in [1.807, 2.05) is 32.9 Å². The molecule has 16 heavy (non-hydrogen) atoms. The molecule has 1 unspecified atom stereocenters. The van der Waals surface area contributed by atoms with Crippen molar-refractivity contribution in [2.45, 2.75) is 32.9 Å². The first kappa shape index (κ1) is 13.0. The zero-order chi connectivity index (χ0) is 12.1. The van der Waals surface area contributed by atoms with Gasteiger partial charge in [0.05, 0.1) is 6.10 Å². The Labute approximate surface area is 97.6 Å². The summed E-state index contributed by atoms with van der Waals surface area (Å²) in [5.74, 6) is 0.851. The number of hydrogen-bond acceptors (Lipinski definition) is 3. The molecule has 0 heterocycles. The summed E-state index contributed by atoms with van der Waals surface area (Å²) in [7, 11) is 1.68. The second kappa shape index (κ2) is 5.87. The van der Waals surface area contributed by atoms with Crippen LogP contribution in [0.2, 0.25) is 0 Å². The molecule has 0 aromatic heterocycles. The van der Waals surface area contributed by atoms with E-state index in [9.17, 15) is 0 Å². The highest BCUT2D eigenvalue weighted by Crippen LogP contribution is 2.25. The smallest absolute Gasteiger partial charge is 0.124 e. The van der Waals surface area contributed by atoms with Crippen LogP contribution >= 0.6 is 0 Å². The maximum atomic E-state index is 5.91. The van der Waals surface area contributed by atoms with Crippen molar-refractivity contribution in [3.05, 3.63) is 29.3 Å². The summed E-state index contributed by atoms with van der Waals surface area (Å²) in [6.07, 6.45) is 0.0854. The summed E-state index contributed by atoms with van der Waals surface area (Å²) < 4.78 is 10.8. The standard InChI is InChI=1S/C13H21NO2/c1-9-5-6-13(12(7-9)11(3)14)16-8-10(2)15-4/h5-7,10-11H,8,14H2,1-4H3/t10?,11-/m0/s1. The molecule has 0 bridgehead atoms. The first-order chi connectivity index (χ1) is 7.54. The van der Waals surface area contributed by atoms with Gasteiger partial charge in [0.2, 0.25) is 0 Å². The number of hydrogen-bond donors (Lipinski definition) is 1. The van der Waals surface area contributed by atoms with Crippen LogP contribution < -0.4 is 10.5 Å². The van der Waals surface area contributed by atoms with Crippen molar-refractivity contribution in [1.29, 1.82) is 0 Å². The van der Waals surface area contributed by atoms with Crippen molar-refractivity contribution in [1.82, 2.24) is 0 Å². The summed E-state index contributed by atoms with van der Waals surface area (Å²) in [5.41, 5.74) is 8.15. The van der Waals surface area contributed by atoms with Gasteiger partial charge in [-0.25, -0.2) is 0 Å². The van der Waals surface area contributed by atoms with Gasteiger partial charge in [-0.2, -0.15) is 0 Å². The van der Waals surface area contributed by atoms with Crippen LogP contribution in [0.15, 0.2) is 18.2 Å². The molecule has 0 aliphatic heterocycles. The molecule has 90 valence electrons. The van der Waals surface area contributed by atoms with Gasteiger partial charge >= 0.3 is 0 Å². The maximum absolute atomic E-state index is 5.91. The van der Waals surface area contributed by atoms with Gasteiger partial charge in [0.25, 0.3) is 0 Å². The maximum Gasteiger partial charge on any atom is 0.124 e. The fourth-order valence-electron chi connectivity index (χ4n) is 1.43. The Morgan fingerprint density at radius 1 is 1.31 bits per heavy atom. The van der Waals surface area contributed by atoms with E-state index in [0.29, 0.717) is 6.61 Å². The van der Waals surface area contributed by atoms with Crippen LogP contribution in [0.3, 0.4) is 0 Å². The molecule has 0 aliphatic rings. The highest BCUT2D eigenvalue weighted by molar-refractivity contribution is 5.38. The van der Waals surface area contributed by atoms with Gasteiger partial charge in [-0.3, -0.25) is 0 Å². The van der Waals surface area contributed by atoms with Crippen LogP contribution in [0.1, 0.15) is 31.0 Å². The lowest BCUT2D eigenvalue weighted by molar-refractivity contribution is 0.0712. The number of nitrogens with two attached hydrogens (primary N) is 1. The Morgan fingerprint density at radius 2 is 2.00 bits per heavy atom. The fourth-order valence-corrected chi connectivity index (χ4v) is 1.43. The minimum atomic E-state index is -0.0206. The quantitative estimate of drug-likeness (QED) is 0.833. The minimum Gasteiger partial charge on any atom is -0.491 e. The molecule has 2 N–H and O–H groups in total. The van der Waals surface area contributed by atoms with Crippen LogP contribution in [0.4, 0.5) is 0 Å². The molecule has 0 spiro atoms. The van der Waals surface area contributed by atoms with E-state index < -0.39 is 0 Å². The lowest BCUT2D eigenvalue weighted by atomic mass is 10.1. The predicted octanol–water partition coefficient (Wildman–Crippen LogP) is 2.43. The monoisotopic (exact) mass is 223 g/mol. The molecule has 1 rings (SSSR count). The molecule has 0 fully saturated rings. The van der Waals surface area contributed by atoms with Crippen molar-refractivity contribution < 1.29 is 9.47 Å². The van der Waals surface area contributed by atoms with Crippen LogP contribution in [-0.2, 0) is 4.74 Å². The van der Waals surface area contributed by atoms with Gasteiger partial charge in [0.1, 0.15) is 12.4 Å². The predicted molar refractivity (Wildman–Crippen MR) is 65.7 cm³/mol. The van der Waals surface area contributed by atoms with E-state index >= 15 is 0 Å². The third-order valence-electron chi connectivity index (χ3n) is 2.53. The molecule has 2 atom stereocenters. The number of aryl methyl sites for hydroxylation is 1. The number of benzene rings is 1. The van der Waals surface area contributed by atoms with E-state index in [1.54, 1.807) is 7.11 Å². The van der Waals surface area contributed by atoms with E-state index in [2.05, 4.69) is 6.07 Å². The van der Waals surface area contributed by atoms with Crippen molar-refractivity contribution in [3.63, 3.8) is 0 Å². The van der Waals surface area contributed by atoms with Gasteiger partial charge in [-0.1, -0.05) is 17.7 Å². The van der Waals surface area contributed by atoms with Crippen LogP contribution in [-0.4, -0.2) is 19.8 Å². The molecule has 0 amide bonds. The van der Waals surface area contributed by atoms with Crippen LogP contribution in [0, 0.1) is 6.92 Å². The average Bonchev–Trinajstić information content (AvgIpc) is 2.26. The zero-order valence-corrected chi connectivity index (χ0v) is 10.5. The van der Waals surface area contributed by atoms with Crippen molar-refractivity contribution in [2.75, 3.05) is 13.7 Å². The Morgan fingerprint density at radius 3 is 2.56 bits per heavy atom. The van der Waals surface area contributed by atoms with E-state index in [1.165, 1.54) is 5.56 Å². The normalized spacial score (nSPS) is 14.6. The Hall–Kier alpha value is -1.06. The first-order valence-corrected chi connectivity index (χ1v) is 5.56. The van der Waals surface area contributed by atoms with E-state index in [0.717, 1.165) is 11.3 Å². The Kier molecular flexibility index (Phi) is 4.77. The third kappa shape index (κ3) is 3.51. The molecular formula is C13H21NO2. The summed E-state index contributed by atoms with van der Waals surface area (Å²) in [6, 6.07) is 6.04. The molecule has 0 saturated carbocycles. The largest absolute Gasteiger partial charge is 0.491 e. The van der Waals surface area contributed by atoms with Crippen LogP contribution in [0.25, 0.3) is 0 Å². The number of methoxy groups -OCH3 is 1. The van der Waals surface area contributed by atoms with Crippen molar-refractivity contribution >= 4 is 0 Å². The van der Waals surface area contributed by atoms with Crippen LogP contribution in [0.5, 0.6) is 5.75 Å². The van der Waals surface area contributed by atoms with Gasteiger partial charge in [-0.15, -0.1) is 0 Å². The average molecular weight is 223 g/mol. The highest BCUT2D eigenvalue weighted by atomic mass is 16.5. The third-order valence-corrected chi connectivity index (χ3v) is 2.53. The van der Waals surface area contributed by atoms with E-state index in [-0.39, 0.29) is 12.1 Å². The van der Waals surface area contributed by atoms with Gasteiger partial charge in [-0.05, 0) is 26.8 Å². The topological polar surface area (TPSA) is 44.5 Å². The van der Waals surface area contributed by atoms with Crippen molar-refractivity contribution in [2.24, 2.45) is 5.73 Å². The second-order valence-corrected chi connectivity index (χ2v) is 4.19. The molecule has 1 aromatic carbocycles. The first-order valence-electron chi connectivity index (χ1n) is 5.56. The zero-order valence-electron chi connectivity index (χ0n) is 10.5. The molecule has 0 saturated heterocycles. The summed E-state index contributed by atoms with van der Waals surface area (Å²) >= 11 is 0. The molecule has 3 heteroatoms. The number of ether oxygens (including phenoxy) is 2. The van der Waals surface area contributed by atoms with E-state index in [4.69, 9.17) is 15.2 Å². The molecule has 0 radical (unpaired) electrons. The lowest BCUT2D eigenvalue weighted by Crippen LogP contribution is -2.17. The molecule has 3 nitrogen and oxygen atoms in total. The molecular weight excluding hydrogens is 202 g/mol. The SMILES string of the molecule is COC(C)COc1ccc(C)cc1[C@H](C)N. The van der Waals surface area contributed by atoms with Gasteiger partial charge < -0.3 is 15.2 Å². The second-order valence-electron chi connectivity index (χ2n) is 4.19. The molecule has 0 aliphatic carbocycles. The Balaban J connectivity index is 2.78. The minimum absolute atomic E-state index is 0.0206. The molecule has 1 aromatic rings. The summed E-state index contributed by atoms with van der Waals surface area (Å²) in [6.45, 7) is 6.52. The van der Waals surface area contributed by atoms with Gasteiger partial charge in [0, 0.05) is 18.7 Å². The fraction of sp³-hybridized carbons (Fsp3) is 0.538.